The molecular weight excluding hydrogens is 262 g/mol. The van der Waals surface area contributed by atoms with Gasteiger partial charge in [-0.25, -0.2) is 0 Å². The molecule has 19 heavy (non-hydrogen) atoms. The largest absolute Gasteiger partial charge is 0.377 e. The molecule has 1 aromatic rings. The first-order valence-corrected chi connectivity index (χ1v) is 7.20. The molecular formula is C15H20ClNO2. The van der Waals surface area contributed by atoms with Crippen LogP contribution in [0.2, 0.25) is 5.02 Å². The third-order valence-corrected chi connectivity index (χ3v) is 3.80. The summed E-state index contributed by atoms with van der Waals surface area (Å²) in [5, 5.41) is 0.528. The van der Waals surface area contributed by atoms with Gasteiger partial charge in [0, 0.05) is 18.7 Å². The molecule has 2 rings (SSSR count). The lowest BCUT2D eigenvalue weighted by Gasteiger charge is -2.23. The van der Waals surface area contributed by atoms with Crippen LogP contribution in [0.5, 0.6) is 0 Å². The van der Waals surface area contributed by atoms with Gasteiger partial charge in [-0.05, 0) is 31.5 Å². The van der Waals surface area contributed by atoms with Gasteiger partial charge in [0.2, 0.25) is 0 Å². The van der Waals surface area contributed by atoms with Crippen molar-refractivity contribution in [2.24, 2.45) is 0 Å². The molecule has 1 heterocycles. The van der Waals surface area contributed by atoms with E-state index in [1.165, 1.54) is 0 Å². The second-order valence-electron chi connectivity index (χ2n) is 4.87. The Bertz CT molecular complexity index is 430. The summed E-state index contributed by atoms with van der Waals surface area (Å²) in [6.07, 6.45) is 2.50. The molecule has 104 valence electrons. The van der Waals surface area contributed by atoms with Crippen molar-refractivity contribution in [2.45, 2.75) is 25.9 Å². The number of likely N-dealkylation sites (N-methyl/N-ethyl adjacent to an activating group) is 1. The molecule has 0 aliphatic carbocycles. The number of nitrogens with zero attached hydrogens (tertiary/aromatic N) is 1. The van der Waals surface area contributed by atoms with Crippen molar-refractivity contribution in [1.82, 2.24) is 4.90 Å². The standard InChI is InChI=1S/C15H20ClNO2/c1-2-17(10-12-6-5-9-19-12)11-15(18)13-7-3-4-8-14(13)16/h3-4,7-8,12H,2,5-6,9-11H2,1H3. The van der Waals surface area contributed by atoms with E-state index in [0.717, 1.165) is 32.5 Å². The lowest BCUT2D eigenvalue weighted by atomic mass is 10.1. The molecule has 1 unspecified atom stereocenters. The molecule has 0 spiro atoms. The fourth-order valence-electron chi connectivity index (χ4n) is 2.36. The Morgan fingerprint density at radius 2 is 2.26 bits per heavy atom. The fraction of sp³-hybridized carbons (Fsp3) is 0.533. The van der Waals surface area contributed by atoms with Gasteiger partial charge < -0.3 is 4.74 Å². The Kier molecular flexibility index (Phi) is 5.37. The Labute approximate surface area is 119 Å². The maximum absolute atomic E-state index is 12.2. The molecule has 1 saturated heterocycles. The number of rotatable bonds is 6. The number of carbonyl (C=O) groups excluding carboxylic acids is 1. The van der Waals surface area contributed by atoms with E-state index in [2.05, 4.69) is 11.8 Å². The van der Waals surface area contributed by atoms with Gasteiger partial charge in [0.15, 0.2) is 5.78 Å². The van der Waals surface area contributed by atoms with Crippen LogP contribution in [0.1, 0.15) is 30.1 Å². The first-order valence-electron chi connectivity index (χ1n) is 6.82. The third-order valence-electron chi connectivity index (χ3n) is 3.47. The van der Waals surface area contributed by atoms with Gasteiger partial charge in [-0.3, -0.25) is 9.69 Å². The van der Waals surface area contributed by atoms with Gasteiger partial charge in [0.1, 0.15) is 0 Å². The Morgan fingerprint density at radius 3 is 2.89 bits per heavy atom. The first-order chi connectivity index (χ1) is 9.20. The lowest BCUT2D eigenvalue weighted by molar-refractivity contribution is 0.0686. The van der Waals surface area contributed by atoms with E-state index in [-0.39, 0.29) is 11.9 Å². The molecule has 0 saturated carbocycles. The molecule has 1 aliphatic heterocycles. The van der Waals surface area contributed by atoms with Crippen LogP contribution in [-0.2, 0) is 4.74 Å². The van der Waals surface area contributed by atoms with Crippen LogP contribution in [0.4, 0.5) is 0 Å². The lowest BCUT2D eigenvalue weighted by Crippen LogP contribution is -2.36. The number of benzene rings is 1. The third kappa shape index (κ3) is 4.03. The fourth-order valence-corrected chi connectivity index (χ4v) is 2.60. The average molecular weight is 282 g/mol. The van der Waals surface area contributed by atoms with Crippen LogP contribution >= 0.6 is 11.6 Å². The molecule has 0 radical (unpaired) electrons. The second-order valence-corrected chi connectivity index (χ2v) is 5.27. The second kappa shape index (κ2) is 7.04. The van der Waals surface area contributed by atoms with Crippen molar-refractivity contribution in [1.29, 1.82) is 0 Å². The molecule has 1 atom stereocenters. The summed E-state index contributed by atoms with van der Waals surface area (Å²) in [5.41, 5.74) is 0.606. The van der Waals surface area contributed by atoms with Gasteiger partial charge in [-0.15, -0.1) is 0 Å². The van der Waals surface area contributed by atoms with Crippen molar-refractivity contribution in [3.63, 3.8) is 0 Å². The quantitative estimate of drug-likeness (QED) is 0.751. The zero-order chi connectivity index (χ0) is 13.7. The zero-order valence-electron chi connectivity index (χ0n) is 11.3. The van der Waals surface area contributed by atoms with Crippen LogP contribution in [0.25, 0.3) is 0 Å². The summed E-state index contributed by atoms with van der Waals surface area (Å²) in [7, 11) is 0. The van der Waals surface area contributed by atoms with Crippen LogP contribution in [0.15, 0.2) is 24.3 Å². The number of ether oxygens (including phenoxy) is 1. The molecule has 0 bridgehead atoms. The molecule has 4 heteroatoms. The molecule has 0 aromatic heterocycles. The van der Waals surface area contributed by atoms with Gasteiger partial charge in [-0.2, -0.15) is 0 Å². The van der Waals surface area contributed by atoms with Crippen LogP contribution in [0, 0.1) is 0 Å². The van der Waals surface area contributed by atoms with E-state index in [4.69, 9.17) is 16.3 Å². The number of hydrogen-bond acceptors (Lipinski definition) is 3. The first kappa shape index (κ1) is 14.5. The normalized spacial score (nSPS) is 19.0. The SMILES string of the molecule is CCN(CC(=O)c1ccccc1Cl)CC1CCCO1. The van der Waals surface area contributed by atoms with Crippen molar-refractivity contribution in [3.8, 4) is 0 Å². The van der Waals surface area contributed by atoms with E-state index in [0.29, 0.717) is 17.1 Å². The molecule has 1 aliphatic rings. The van der Waals surface area contributed by atoms with Crippen molar-refractivity contribution < 1.29 is 9.53 Å². The summed E-state index contributed by atoms with van der Waals surface area (Å²) < 4.78 is 5.62. The molecule has 0 amide bonds. The topological polar surface area (TPSA) is 29.5 Å². The van der Waals surface area contributed by atoms with Crippen molar-refractivity contribution >= 4 is 17.4 Å². The number of Topliss-reactive ketones (excluding diaryl/α,β-unsaturated/α-hetero) is 1. The Balaban J connectivity index is 1.94. The minimum atomic E-state index is 0.0745. The predicted octanol–water partition coefficient (Wildman–Crippen LogP) is 3.02. The van der Waals surface area contributed by atoms with Gasteiger partial charge >= 0.3 is 0 Å². The van der Waals surface area contributed by atoms with E-state index in [1.807, 2.05) is 12.1 Å². The number of ketones is 1. The summed E-state index contributed by atoms with van der Waals surface area (Å²) in [4.78, 5) is 14.4. The van der Waals surface area contributed by atoms with Crippen LogP contribution in [0.3, 0.4) is 0 Å². The minimum Gasteiger partial charge on any atom is -0.377 e. The van der Waals surface area contributed by atoms with Crippen molar-refractivity contribution in [2.75, 3.05) is 26.2 Å². The number of halogens is 1. The summed E-state index contributed by atoms with van der Waals surface area (Å²) in [6.45, 7) is 4.98. The molecule has 0 N–H and O–H groups in total. The Morgan fingerprint density at radius 1 is 1.47 bits per heavy atom. The highest BCUT2D eigenvalue weighted by Crippen LogP contribution is 2.17. The zero-order valence-corrected chi connectivity index (χ0v) is 12.0. The maximum Gasteiger partial charge on any atom is 0.178 e. The number of carbonyl (C=O) groups is 1. The highest BCUT2D eigenvalue weighted by atomic mass is 35.5. The van der Waals surface area contributed by atoms with Crippen LogP contribution < -0.4 is 0 Å². The molecule has 1 fully saturated rings. The van der Waals surface area contributed by atoms with Gasteiger partial charge in [-0.1, -0.05) is 30.7 Å². The van der Waals surface area contributed by atoms with Gasteiger partial charge in [0.25, 0.3) is 0 Å². The van der Waals surface area contributed by atoms with E-state index < -0.39 is 0 Å². The predicted molar refractivity (Wildman–Crippen MR) is 76.9 cm³/mol. The smallest absolute Gasteiger partial charge is 0.178 e. The highest BCUT2D eigenvalue weighted by molar-refractivity contribution is 6.34. The van der Waals surface area contributed by atoms with E-state index in [9.17, 15) is 4.79 Å². The highest BCUT2D eigenvalue weighted by Gasteiger charge is 2.20. The van der Waals surface area contributed by atoms with Crippen LogP contribution in [-0.4, -0.2) is 43.0 Å². The summed E-state index contributed by atoms with van der Waals surface area (Å²) in [5.74, 6) is 0.0745. The van der Waals surface area contributed by atoms with E-state index in [1.54, 1.807) is 12.1 Å². The summed E-state index contributed by atoms with van der Waals surface area (Å²) >= 11 is 6.05. The van der Waals surface area contributed by atoms with Crippen molar-refractivity contribution in [3.05, 3.63) is 34.9 Å². The summed E-state index contributed by atoms with van der Waals surface area (Å²) in [6, 6.07) is 7.22. The molecule has 1 aromatic carbocycles. The van der Waals surface area contributed by atoms with E-state index >= 15 is 0 Å². The Hall–Kier alpha value is -0.900. The van der Waals surface area contributed by atoms with Gasteiger partial charge in [0.05, 0.1) is 17.7 Å². The minimum absolute atomic E-state index is 0.0745. The maximum atomic E-state index is 12.2. The monoisotopic (exact) mass is 281 g/mol. The molecule has 3 nitrogen and oxygen atoms in total. The average Bonchev–Trinajstić information content (AvgIpc) is 2.91. The number of hydrogen-bond donors (Lipinski definition) is 0.